The van der Waals surface area contributed by atoms with Gasteiger partial charge in [-0.05, 0) is 18.4 Å². The number of Topliss-reactive ketones (excluding diaryl/α,β-unsaturated/α-hetero) is 2. The monoisotopic (exact) mass is 409 g/mol. The number of methoxy groups -OCH3 is 2. The van der Waals surface area contributed by atoms with Crippen molar-refractivity contribution in [1.82, 2.24) is 4.90 Å². The minimum atomic E-state index is -1.54. The molecular formula is C23H23NO6. The van der Waals surface area contributed by atoms with Crippen molar-refractivity contribution >= 4 is 23.5 Å². The van der Waals surface area contributed by atoms with Crippen molar-refractivity contribution in [3.8, 4) is 0 Å². The quantitative estimate of drug-likeness (QED) is 0.703. The van der Waals surface area contributed by atoms with E-state index in [1.165, 1.54) is 14.2 Å². The van der Waals surface area contributed by atoms with Crippen LogP contribution in [-0.4, -0.2) is 55.7 Å². The minimum Gasteiger partial charge on any atom is -0.468 e. The number of benzene rings is 1. The van der Waals surface area contributed by atoms with Gasteiger partial charge in [0.15, 0.2) is 5.78 Å². The third kappa shape index (κ3) is 1.91. The molecular weight excluding hydrogens is 386 g/mol. The molecule has 3 atom stereocenters. The van der Waals surface area contributed by atoms with Crippen LogP contribution < -0.4 is 0 Å². The Morgan fingerprint density at radius 2 is 1.77 bits per heavy atom. The van der Waals surface area contributed by atoms with Gasteiger partial charge in [0.25, 0.3) is 0 Å². The fourth-order valence-corrected chi connectivity index (χ4v) is 6.43. The van der Waals surface area contributed by atoms with E-state index in [4.69, 9.17) is 9.47 Å². The molecule has 7 heteroatoms. The van der Waals surface area contributed by atoms with Crippen LogP contribution in [0.1, 0.15) is 41.6 Å². The van der Waals surface area contributed by atoms with Crippen molar-refractivity contribution in [3.05, 3.63) is 46.7 Å². The fourth-order valence-electron chi connectivity index (χ4n) is 6.43. The van der Waals surface area contributed by atoms with Crippen molar-refractivity contribution in [2.75, 3.05) is 27.3 Å². The molecule has 1 aromatic carbocycles. The van der Waals surface area contributed by atoms with E-state index in [0.29, 0.717) is 16.8 Å². The number of allylic oxidation sites excluding steroid dienone is 1. The lowest BCUT2D eigenvalue weighted by atomic mass is 9.48. The molecule has 1 unspecified atom stereocenters. The summed E-state index contributed by atoms with van der Waals surface area (Å²) in [6.07, 6.45) is 1.93. The van der Waals surface area contributed by atoms with Gasteiger partial charge in [-0.25, -0.2) is 4.79 Å². The Labute approximate surface area is 174 Å². The number of nitrogens with zero attached hydrogens (tertiary/aromatic N) is 1. The predicted octanol–water partition coefficient (Wildman–Crippen LogP) is 1.80. The molecule has 1 saturated carbocycles. The normalized spacial score (nSPS) is 31.7. The second-order valence-corrected chi connectivity index (χ2v) is 8.48. The van der Waals surface area contributed by atoms with Crippen molar-refractivity contribution in [1.29, 1.82) is 0 Å². The molecule has 7 nitrogen and oxygen atoms in total. The Kier molecular flexibility index (Phi) is 3.98. The van der Waals surface area contributed by atoms with Gasteiger partial charge in [0, 0.05) is 43.1 Å². The fraction of sp³-hybridized carbons (Fsp3) is 0.478. The molecule has 0 radical (unpaired) electrons. The SMILES string of the molecule is COC(=O)C1=C(N2CCCC2)[C@H]2CC(=O)C3(CC(=O)c4ccccc43)[C@@]12C(=O)OC. The smallest absolute Gasteiger partial charge is 0.336 e. The van der Waals surface area contributed by atoms with Crippen LogP contribution in [0.15, 0.2) is 35.5 Å². The summed E-state index contributed by atoms with van der Waals surface area (Å²) < 4.78 is 10.3. The van der Waals surface area contributed by atoms with Gasteiger partial charge in [-0.1, -0.05) is 24.3 Å². The molecule has 1 aromatic rings. The molecule has 0 aromatic heterocycles. The maximum atomic E-state index is 13.7. The number of esters is 2. The first-order valence-corrected chi connectivity index (χ1v) is 10.3. The predicted molar refractivity (Wildman–Crippen MR) is 104 cm³/mol. The first-order valence-electron chi connectivity index (χ1n) is 10.3. The van der Waals surface area contributed by atoms with Gasteiger partial charge in [0.1, 0.15) is 11.2 Å². The maximum absolute atomic E-state index is 13.7. The van der Waals surface area contributed by atoms with Crippen LogP contribution in [0.2, 0.25) is 0 Å². The number of hydrogen-bond acceptors (Lipinski definition) is 7. The molecule has 0 N–H and O–H groups in total. The third-order valence-corrected chi connectivity index (χ3v) is 7.50. The molecule has 4 aliphatic rings. The summed E-state index contributed by atoms with van der Waals surface area (Å²) in [6.45, 7) is 1.53. The Hall–Kier alpha value is -2.96. The number of likely N-dealkylation sites (tertiary alicyclic amines) is 1. The van der Waals surface area contributed by atoms with Crippen LogP contribution in [0.4, 0.5) is 0 Å². The second kappa shape index (κ2) is 6.27. The van der Waals surface area contributed by atoms with Crippen LogP contribution >= 0.6 is 0 Å². The standard InChI is InChI=1S/C23H23NO6/c1-29-20(27)18-19(24-9-5-6-10-24)15-11-17(26)22(23(15,18)21(28)30-2)12-16(25)13-7-3-4-8-14(13)22/h3-4,7-8,15H,5-6,9-12H2,1-2H3/t15-,22?,23-/m1/s1. The Balaban J connectivity index is 1.83. The van der Waals surface area contributed by atoms with E-state index in [9.17, 15) is 19.2 Å². The van der Waals surface area contributed by atoms with Gasteiger partial charge in [0.05, 0.1) is 25.2 Å². The zero-order valence-corrected chi connectivity index (χ0v) is 17.0. The third-order valence-electron chi connectivity index (χ3n) is 7.50. The van der Waals surface area contributed by atoms with Crippen LogP contribution in [0.25, 0.3) is 0 Å². The lowest BCUT2D eigenvalue weighted by molar-refractivity contribution is -0.164. The van der Waals surface area contributed by atoms with E-state index in [0.717, 1.165) is 25.9 Å². The Bertz CT molecular complexity index is 1040. The lowest BCUT2D eigenvalue weighted by Crippen LogP contribution is -2.62. The average molecular weight is 409 g/mol. The summed E-state index contributed by atoms with van der Waals surface area (Å²) in [5.41, 5.74) is -1.09. The molecule has 0 bridgehead atoms. The van der Waals surface area contributed by atoms with E-state index in [1.807, 2.05) is 0 Å². The highest BCUT2D eigenvalue weighted by molar-refractivity contribution is 6.18. The highest BCUT2D eigenvalue weighted by Crippen LogP contribution is 2.72. The maximum Gasteiger partial charge on any atom is 0.336 e. The van der Waals surface area contributed by atoms with Crippen LogP contribution in [0, 0.1) is 11.3 Å². The van der Waals surface area contributed by atoms with Gasteiger partial charge in [-0.2, -0.15) is 0 Å². The number of rotatable bonds is 3. The summed E-state index contributed by atoms with van der Waals surface area (Å²) >= 11 is 0. The zero-order valence-electron chi connectivity index (χ0n) is 17.0. The summed E-state index contributed by atoms with van der Waals surface area (Å²) in [5.74, 6) is -2.16. The summed E-state index contributed by atoms with van der Waals surface area (Å²) in [7, 11) is 2.53. The number of hydrogen-bond donors (Lipinski definition) is 0. The van der Waals surface area contributed by atoms with Gasteiger partial charge in [-0.15, -0.1) is 0 Å². The molecule has 1 heterocycles. The molecule has 0 amide bonds. The van der Waals surface area contributed by atoms with E-state index in [2.05, 4.69) is 4.90 Å². The number of fused-ring (bicyclic) bond motifs is 4. The molecule has 2 fully saturated rings. The zero-order chi connectivity index (χ0) is 21.3. The van der Waals surface area contributed by atoms with E-state index in [-0.39, 0.29) is 30.0 Å². The van der Waals surface area contributed by atoms with Gasteiger partial charge in [0.2, 0.25) is 0 Å². The van der Waals surface area contributed by atoms with E-state index < -0.39 is 28.7 Å². The Morgan fingerprint density at radius 1 is 1.07 bits per heavy atom. The highest BCUT2D eigenvalue weighted by Gasteiger charge is 2.81. The molecule has 5 rings (SSSR count). The van der Waals surface area contributed by atoms with E-state index in [1.54, 1.807) is 24.3 Å². The van der Waals surface area contributed by atoms with Gasteiger partial charge in [-0.3, -0.25) is 14.4 Å². The Morgan fingerprint density at radius 3 is 2.43 bits per heavy atom. The highest BCUT2D eigenvalue weighted by atomic mass is 16.5. The van der Waals surface area contributed by atoms with Crippen molar-refractivity contribution in [2.45, 2.75) is 31.1 Å². The molecule has 30 heavy (non-hydrogen) atoms. The van der Waals surface area contributed by atoms with Crippen LogP contribution in [0.3, 0.4) is 0 Å². The molecule has 1 saturated heterocycles. The van der Waals surface area contributed by atoms with Gasteiger partial charge < -0.3 is 14.4 Å². The van der Waals surface area contributed by atoms with E-state index >= 15 is 0 Å². The molecule has 156 valence electrons. The number of carbonyl (C=O) groups excluding carboxylic acids is 4. The number of ketones is 2. The van der Waals surface area contributed by atoms with Crippen LogP contribution in [0.5, 0.6) is 0 Å². The second-order valence-electron chi connectivity index (χ2n) is 8.48. The largest absolute Gasteiger partial charge is 0.468 e. The van der Waals surface area contributed by atoms with Crippen molar-refractivity contribution < 1.29 is 28.7 Å². The first-order chi connectivity index (χ1) is 14.4. The van der Waals surface area contributed by atoms with Crippen molar-refractivity contribution in [3.63, 3.8) is 0 Å². The average Bonchev–Trinajstić information content (AvgIpc) is 3.42. The first kappa shape index (κ1) is 19.0. The number of ether oxygens (including phenoxy) is 2. The molecule has 1 aliphatic heterocycles. The molecule has 3 aliphatic carbocycles. The summed E-state index contributed by atoms with van der Waals surface area (Å²) in [5, 5.41) is 0. The summed E-state index contributed by atoms with van der Waals surface area (Å²) in [4.78, 5) is 55.2. The van der Waals surface area contributed by atoms with Crippen LogP contribution in [-0.2, 0) is 29.3 Å². The minimum absolute atomic E-state index is 0.100. The molecule has 1 spiro atoms. The lowest BCUT2D eigenvalue weighted by Gasteiger charge is -2.53. The number of carbonyl (C=O) groups is 4. The van der Waals surface area contributed by atoms with Gasteiger partial charge >= 0.3 is 11.9 Å². The topological polar surface area (TPSA) is 90.0 Å². The van der Waals surface area contributed by atoms with Crippen molar-refractivity contribution in [2.24, 2.45) is 11.3 Å². The summed E-state index contributed by atoms with van der Waals surface area (Å²) in [6, 6.07) is 6.91.